The summed E-state index contributed by atoms with van der Waals surface area (Å²) in [6.07, 6.45) is 8.30. The second-order valence-electron chi connectivity index (χ2n) is 7.41. The molecule has 2 saturated heterocycles. The third kappa shape index (κ3) is 3.42. The van der Waals surface area contributed by atoms with Gasteiger partial charge in [-0.3, -0.25) is 9.69 Å². The highest BCUT2D eigenvalue weighted by molar-refractivity contribution is 5.78. The maximum Gasteiger partial charge on any atom is 0.237 e. The number of hydrogen-bond acceptors (Lipinski definition) is 3. The lowest BCUT2D eigenvalue weighted by atomic mass is 9.78. The van der Waals surface area contributed by atoms with Gasteiger partial charge in [-0.1, -0.05) is 19.8 Å². The molecule has 2 aliphatic heterocycles. The first kappa shape index (κ1) is 15.3. The Bertz CT molecular complexity index is 372. The summed E-state index contributed by atoms with van der Waals surface area (Å²) in [4.78, 5) is 17.2. The molecular weight excluding hydrogens is 264 g/mol. The van der Waals surface area contributed by atoms with Crippen molar-refractivity contribution in [2.75, 3.05) is 26.2 Å². The van der Waals surface area contributed by atoms with E-state index in [9.17, 15) is 9.90 Å². The van der Waals surface area contributed by atoms with E-state index in [2.05, 4.69) is 16.7 Å². The summed E-state index contributed by atoms with van der Waals surface area (Å²) in [6, 6.07) is 0.521. The van der Waals surface area contributed by atoms with E-state index in [1.807, 2.05) is 0 Å². The van der Waals surface area contributed by atoms with Crippen molar-refractivity contribution in [1.82, 2.24) is 9.80 Å². The van der Waals surface area contributed by atoms with E-state index in [1.165, 1.54) is 38.5 Å². The molecule has 0 aromatic carbocycles. The fourth-order valence-corrected chi connectivity index (χ4v) is 4.58. The average Bonchev–Trinajstić information content (AvgIpc) is 2.50. The predicted octanol–water partition coefficient (Wildman–Crippen LogP) is 1.87. The van der Waals surface area contributed by atoms with Crippen LogP contribution in [0.4, 0.5) is 0 Å². The number of aliphatic hydroxyl groups is 1. The van der Waals surface area contributed by atoms with E-state index in [-0.39, 0.29) is 12.0 Å². The van der Waals surface area contributed by atoms with Crippen molar-refractivity contribution in [3.63, 3.8) is 0 Å². The summed E-state index contributed by atoms with van der Waals surface area (Å²) < 4.78 is 0. The minimum atomic E-state index is -0.186. The molecule has 2 heterocycles. The summed E-state index contributed by atoms with van der Waals surface area (Å²) >= 11 is 0. The van der Waals surface area contributed by atoms with Crippen LogP contribution in [-0.2, 0) is 4.79 Å². The van der Waals surface area contributed by atoms with E-state index in [4.69, 9.17) is 0 Å². The largest absolute Gasteiger partial charge is 0.393 e. The molecule has 1 amide bonds. The van der Waals surface area contributed by atoms with Gasteiger partial charge in [0, 0.05) is 25.7 Å². The van der Waals surface area contributed by atoms with Crippen LogP contribution in [0.15, 0.2) is 0 Å². The first-order chi connectivity index (χ1) is 10.1. The Morgan fingerprint density at radius 2 is 1.86 bits per heavy atom. The van der Waals surface area contributed by atoms with Crippen molar-refractivity contribution >= 4 is 5.91 Å². The van der Waals surface area contributed by atoms with Gasteiger partial charge in [0.05, 0.1) is 12.6 Å². The number of hydrogen-bond donors (Lipinski definition) is 1. The van der Waals surface area contributed by atoms with Gasteiger partial charge in [0.15, 0.2) is 0 Å². The lowest BCUT2D eigenvalue weighted by Gasteiger charge is -2.45. The molecule has 21 heavy (non-hydrogen) atoms. The number of carbonyl (C=O) groups excluding carboxylic acids is 1. The molecule has 0 spiro atoms. The normalized spacial score (nSPS) is 38.1. The molecule has 0 aromatic rings. The van der Waals surface area contributed by atoms with Crippen LogP contribution < -0.4 is 0 Å². The third-order valence-electron chi connectivity index (χ3n) is 5.87. The first-order valence-corrected chi connectivity index (χ1v) is 8.85. The Hall–Kier alpha value is -0.610. The number of piperidine rings is 2. The molecule has 1 N–H and O–H groups in total. The Kier molecular flexibility index (Phi) is 4.85. The number of carbonyl (C=O) groups is 1. The highest BCUT2D eigenvalue weighted by Gasteiger charge is 2.36. The number of rotatable bonds is 2. The summed E-state index contributed by atoms with van der Waals surface area (Å²) in [7, 11) is 0. The molecule has 3 rings (SSSR count). The molecule has 4 nitrogen and oxygen atoms in total. The van der Waals surface area contributed by atoms with Crippen LogP contribution in [0.1, 0.15) is 51.9 Å². The number of likely N-dealkylation sites (tertiary alicyclic amines) is 2. The minimum Gasteiger partial charge on any atom is -0.393 e. The molecular formula is C17H30N2O2. The summed E-state index contributed by atoms with van der Waals surface area (Å²) in [5.41, 5.74) is 0. The fraction of sp³-hybridized carbons (Fsp3) is 0.941. The molecule has 4 unspecified atom stereocenters. The van der Waals surface area contributed by atoms with Gasteiger partial charge in [0.25, 0.3) is 0 Å². The second-order valence-corrected chi connectivity index (χ2v) is 7.41. The lowest BCUT2D eigenvalue weighted by molar-refractivity contribution is -0.139. The van der Waals surface area contributed by atoms with Gasteiger partial charge < -0.3 is 10.0 Å². The molecule has 0 aromatic heterocycles. The highest BCUT2D eigenvalue weighted by atomic mass is 16.3. The Labute approximate surface area is 128 Å². The first-order valence-electron chi connectivity index (χ1n) is 8.85. The van der Waals surface area contributed by atoms with E-state index >= 15 is 0 Å². The smallest absolute Gasteiger partial charge is 0.237 e. The monoisotopic (exact) mass is 294 g/mol. The van der Waals surface area contributed by atoms with Crippen LogP contribution in [0.25, 0.3) is 0 Å². The molecule has 3 fully saturated rings. The van der Waals surface area contributed by atoms with Crippen LogP contribution in [0.3, 0.4) is 0 Å². The second kappa shape index (κ2) is 6.66. The zero-order chi connectivity index (χ0) is 14.8. The number of aliphatic hydroxyl groups excluding tert-OH is 1. The fourth-order valence-electron chi connectivity index (χ4n) is 4.58. The van der Waals surface area contributed by atoms with Crippen LogP contribution in [0.2, 0.25) is 0 Å². The standard InChI is InChI=1S/C17H30N2O2/c1-13-11-18(10-8-16(13)20)12-17(21)19-9-4-6-14-5-2-3-7-15(14)19/h13-16,20H,2-12H2,1H3. The Morgan fingerprint density at radius 1 is 1.10 bits per heavy atom. The number of amides is 1. The minimum absolute atomic E-state index is 0.186. The van der Waals surface area contributed by atoms with Crippen molar-refractivity contribution in [2.24, 2.45) is 11.8 Å². The Morgan fingerprint density at radius 3 is 2.67 bits per heavy atom. The van der Waals surface area contributed by atoms with Crippen molar-refractivity contribution in [3.05, 3.63) is 0 Å². The van der Waals surface area contributed by atoms with Crippen LogP contribution in [-0.4, -0.2) is 59.1 Å². The summed E-state index contributed by atoms with van der Waals surface area (Å²) in [5.74, 6) is 1.38. The van der Waals surface area contributed by atoms with Gasteiger partial charge in [0.2, 0.25) is 5.91 Å². The SMILES string of the molecule is CC1CN(CC(=O)N2CCCC3CCCCC32)CCC1O. The zero-order valence-electron chi connectivity index (χ0n) is 13.3. The van der Waals surface area contributed by atoms with Crippen molar-refractivity contribution in [2.45, 2.75) is 64.0 Å². The van der Waals surface area contributed by atoms with Crippen LogP contribution in [0, 0.1) is 11.8 Å². The van der Waals surface area contributed by atoms with E-state index in [1.54, 1.807) is 0 Å². The lowest BCUT2D eigenvalue weighted by Crippen LogP contribution is -2.54. The molecule has 4 heteroatoms. The van der Waals surface area contributed by atoms with E-state index in [0.717, 1.165) is 32.0 Å². The van der Waals surface area contributed by atoms with Gasteiger partial charge >= 0.3 is 0 Å². The molecule has 1 aliphatic carbocycles. The predicted molar refractivity (Wildman–Crippen MR) is 82.9 cm³/mol. The summed E-state index contributed by atoms with van der Waals surface area (Å²) in [6.45, 7) is 5.32. The van der Waals surface area contributed by atoms with Crippen molar-refractivity contribution < 1.29 is 9.90 Å². The molecule has 0 bridgehead atoms. The molecule has 120 valence electrons. The third-order valence-corrected chi connectivity index (χ3v) is 5.87. The summed E-state index contributed by atoms with van der Waals surface area (Å²) in [5, 5.41) is 9.81. The maximum absolute atomic E-state index is 12.7. The maximum atomic E-state index is 12.7. The molecule has 1 saturated carbocycles. The van der Waals surface area contributed by atoms with Gasteiger partial charge in [0.1, 0.15) is 0 Å². The molecule has 3 aliphatic rings. The van der Waals surface area contributed by atoms with Gasteiger partial charge in [-0.05, 0) is 43.9 Å². The number of fused-ring (bicyclic) bond motifs is 1. The van der Waals surface area contributed by atoms with Gasteiger partial charge in [-0.2, -0.15) is 0 Å². The van der Waals surface area contributed by atoms with Crippen LogP contribution in [0.5, 0.6) is 0 Å². The van der Waals surface area contributed by atoms with Gasteiger partial charge in [-0.15, -0.1) is 0 Å². The topological polar surface area (TPSA) is 43.8 Å². The average molecular weight is 294 g/mol. The zero-order valence-corrected chi connectivity index (χ0v) is 13.3. The quantitative estimate of drug-likeness (QED) is 0.845. The van der Waals surface area contributed by atoms with E-state index < -0.39 is 0 Å². The molecule has 4 atom stereocenters. The van der Waals surface area contributed by atoms with Crippen molar-refractivity contribution in [1.29, 1.82) is 0 Å². The van der Waals surface area contributed by atoms with Crippen LogP contribution >= 0.6 is 0 Å². The Balaban J connectivity index is 1.57. The van der Waals surface area contributed by atoms with Crippen molar-refractivity contribution in [3.8, 4) is 0 Å². The number of nitrogens with zero attached hydrogens (tertiary/aromatic N) is 2. The molecule has 0 radical (unpaired) electrons. The van der Waals surface area contributed by atoms with Gasteiger partial charge in [-0.25, -0.2) is 0 Å². The van der Waals surface area contributed by atoms with E-state index in [0.29, 0.717) is 18.5 Å². The highest BCUT2D eigenvalue weighted by Crippen LogP contribution is 2.35.